The number of benzene rings is 1. The molecule has 0 aliphatic heterocycles. The van der Waals surface area contributed by atoms with E-state index in [1.54, 1.807) is 16.7 Å². The minimum atomic E-state index is -4.45. The van der Waals surface area contributed by atoms with Crippen LogP contribution < -0.4 is 5.32 Å². The Hall–Kier alpha value is -2.77. The third-order valence-corrected chi connectivity index (χ3v) is 4.93. The maximum Gasteiger partial charge on any atom is 0.416 e. The summed E-state index contributed by atoms with van der Waals surface area (Å²) >= 11 is 0. The molecule has 1 aliphatic rings. The average molecular weight is 377 g/mol. The summed E-state index contributed by atoms with van der Waals surface area (Å²) in [5.41, 5.74) is -0.0921. The number of carbonyl (C=O) groups excluding carboxylic acids is 1. The van der Waals surface area contributed by atoms with Crippen LogP contribution in [0.25, 0.3) is 11.0 Å². The highest BCUT2D eigenvalue weighted by molar-refractivity contribution is 5.93. The molecule has 0 spiro atoms. The SMILES string of the molecule is O=C(Nc1nc2cc(C(F)(F)F)ccc2n1Cc1ccco1)C1CCCC1. The molecule has 4 rings (SSSR count). The van der Waals surface area contributed by atoms with Crippen LogP contribution in [0, 0.1) is 5.92 Å². The summed E-state index contributed by atoms with van der Waals surface area (Å²) in [6.07, 6.45) is 0.732. The fraction of sp³-hybridized carbons (Fsp3) is 0.368. The summed E-state index contributed by atoms with van der Waals surface area (Å²) in [6.45, 7) is 0.259. The zero-order valence-corrected chi connectivity index (χ0v) is 14.4. The summed E-state index contributed by atoms with van der Waals surface area (Å²) in [4.78, 5) is 16.8. The van der Waals surface area contributed by atoms with Gasteiger partial charge < -0.3 is 8.98 Å². The van der Waals surface area contributed by atoms with Crippen molar-refractivity contribution in [2.45, 2.75) is 38.4 Å². The van der Waals surface area contributed by atoms with Crippen LogP contribution in [0.1, 0.15) is 37.0 Å². The Labute approximate surface area is 153 Å². The number of fused-ring (bicyclic) bond motifs is 1. The van der Waals surface area contributed by atoms with Gasteiger partial charge in [0.25, 0.3) is 0 Å². The zero-order valence-electron chi connectivity index (χ0n) is 14.4. The first-order valence-corrected chi connectivity index (χ1v) is 8.82. The van der Waals surface area contributed by atoms with E-state index >= 15 is 0 Å². The summed E-state index contributed by atoms with van der Waals surface area (Å²) in [6, 6.07) is 6.88. The van der Waals surface area contributed by atoms with E-state index in [0.717, 1.165) is 37.8 Å². The Morgan fingerprint density at radius 3 is 2.70 bits per heavy atom. The normalized spacial score (nSPS) is 15.5. The number of amides is 1. The van der Waals surface area contributed by atoms with Gasteiger partial charge in [0, 0.05) is 5.92 Å². The maximum absolute atomic E-state index is 13.0. The highest BCUT2D eigenvalue weighted by atomic mass is 19.4. The number of nitrogens with zero attached hydrogens (tertiary/aromatic N) is 2. The third kappa shape index (κ3) is 3.56. The standard InChI is InChI=1S/C19H18F3N3O2/c20-19(21,22)13-7-8-16-15(10-13)23-18(24-17(26)12-4-1-2-5-12)25(16)11-14-6-3-9-27-14/h3,6-10,12H,1-2,4-5,11H2,(H,23,24,26). The minimum absolute atomic E-state index is 0.0763. The van der Waals surface area contributed by atoms with Crippen LogP contribution in [0.5, 0.6) is 0 Å². The molecule has 2 heterocycles. The molecule has 0 bridgehead atoms. The minimum Gasteiger partial charge on any atom is -0.467 e. The second kappa shape index (κ2) is 6.75. The van der Waals surface area contributed by atoms with Crippen LogP contribution in [0.15, 0.2) is 41.0 Å². The number of hydrogen-bond donors (Lipinski definition) is 1. The quantitative estimate of drug-likeness (QED) is 0.709. The van der Waals surface area contributed by atoms with E-state index in [1.165, 1.54) is 12.3 Å². The van der Waals surface area contributed by atoms with E-state index in [4.69, 9.17) is 4.42 Å². The molecule has 0 radical (unpaired) electrons. The number of carbonyl (C=O) groups is 1. The van der Waals surface area contributed by atoms with Crippen molar-refractivity contribution in [3.8, 4) is 0 Å². The fourth-order valence-electron chi connectivity index (χ4n) is 3.52. The second-order valence-corrected chi connectivity index (χ2v) is 6.77. The van der Waals surface area contributed by atoms with E-state index in [9.17, 15) is 18.0 Å². The average Bonchev–Trinajstić information content (AvgIpc) is 3.36. The zero-order chi connectivity index (χ0) is 19.0. The van der Waals surface area contributed by atoms with Gasteiger partial charge in [0.2, 0.25) is 11.9 Å². The van der Waals surface area contributed by atoms with Crippen molar-refractivity contribution < 1.29 is 22.4 Å². The Balaban J connectivity index is 1.73. The lowest BCUT2D eigenvalue weighted by atomic mass is 10.1. The largest absolute Gasteiger partial charge is 0.467 e. The molecule has 27 heavy (non-hydrogen) atoms. The Bertz CT molecular complexity index is 955. The highest BCUT2D eigenvalue weighted by Gasteiger charge is 2.31. The van der Waals surface area contributed by atoms with Crippen molar-refractivity contribution in [2.75, 3.05) is 5.32 Å². The highest BCUT2D eigenvalue weighted by Crippen LogP contribution is 2.33. The number of alkyl halides is 3. The monoisotopic (exact) mass is 377 g/mol. The number of aromatic nitrogens is 2. The van der Waals surface area contributed by atoms with Gasteiger partial charge >= 0.3 is 6.18 Å². The first-order chi connectivity index (χ1) is 12.9. The van der Waals surface area contributed by atoms with Crippen molar-refractivity contribution in [1.29, 1.82) is 0 Å². The molecule has 3 aromatic rings. The van der Waals surface area contributed by atoms with Gasteiger partial charge in [-0.05, 0) is 43.2 Å². The van der Waals surface area contributed by atoms with Crippen LogP contribution in [0.3, 0.4) is 0 Å². The predicted octanol–water partition coefficient (Wildman–Crippen LogP) is 4.83. The first-order valence-electron chi connectivity index (χ1n) is 8.82. The lowest BCUT2D eigenvalue weighted by Crippen LogP contribution is -2.22. The molecule has 1 amide bonds. The summed E-state index contributed by atoms with van der Waals surface area (Å²) in [5.74, 6) is 0.635. The molecular weight excluding hydrogens is 359 g/mol. The van der Waals surface area contributed by atoms with E-state index in [2.05, 4.69) is 10.3 Å². The van der Waals surface area contributed by atoms with Crippen molar-refractivity contribution in [3.05, 3.63) is 47.9 Å². The number of nitrogens with one attached hydrogen (secondary N) is 1. The van der Waals surface area contributed by atoms with Crippen molar-refractivity contribution >= 4 is 22.9 Å². The van der Waals surface area contributed by atoms with Crippen LogP contribution in [-0.4, -0.2) is 15.5 Å². The van der Waals surface area contributed by atoms with E-state index < -0.39 is 11.7 Å². The number of halogens is 3. The number of anilines is 1. The van der Waals surface area contributed by atoms with E-state index in [-0.39, 0.29) is 29.8 Å². The smallest absolute Gasteiger partial charge is 0.416 e. The van der Waals surface area contributed by atoms with Gasteiger partial charge in [-0.1, -0.05) is 12.8 Å². The van der Waals surface area contributed by atoms with Gasteiger partial charge in [-0.15, -0.1) is 0 Å². The number of hydrogen-bond acceptors (Lipinski definition) is 3. The summed E-state index contributed by atoms with van der Waals surface area (Å²) in [5, 5.41) is 2.80. The van der Waals surface area contributed by atoms with Crippen molar-refractivity contribution in [3.63, 3.8) is 0 Å². The van der Waals surface area contributed by atoms with Gasteiger partial charge in [0.1, 0.15) is 5.76 Å². The van der Waals surface area contributed by atoms with Crippen LogP contribution in [-0.2, 0) is 17.5 Å². The van der Waals surface area contributed by atoms with Gasteiger partial charge in [-0.2, -0.15) is 13.2 Å². The van der Waals surface area contributed by atoms with Crippen molar-refractivity contribution in [2.24, 2.45) is 5.92 Å². The maximum atomic E-state index is 13.0. The molecule has 0 atom stereocenters. The molecule has 142 valence electrons. The molecular formula is C19H18F3N3O2. The molecule has 8 heteroatoms. The molecule has 1 fully saturated rings. The van der Waals surface area contributed by atoms with Crippen LogP contribution in [0.4, 0.5) is 19.1 Å². The molecule has 1 aliphatic carbocycles. The van der Waals surface area contributed by atoms with Crippen LogP contribution >= 0.6 is 0 Å². The first kappa shape index (κ1) is 17.6. The van der Waals surface area contributed by atoms with Crippen molar-refractivity contribution in [1.82, 2.24) is 9.55 Å². The molecule has 5 nitrogen and oxygen atoms in total. The molecule has 1 N–H and O–H groups in total. The summed E-state index contributed by atoms with van der Waals surface area (Å²) in [7, 11) is 0. The Morgan fingerprint density at radius 1 is 1.26 bits per heavy atom. The number of rotatable bonds is 4. The van der Waals surface area contributed by atoms with E-state index in [1.807, 2.05) is 0 Å². The number of imidazole rings is 1. The fourth-order valence-corrected chi connectivity index (χ4v) is 3.52. The molecule has 0 saturated heterocycles. The van der Waals surface area contributed by atoms with Crippen LogP contribution in [0.2, 0.25) is 0 Å². The van der Waals surface area contributed by atoms with E-state index in [0.29, 0.717) is 11.3 Å². The van der Waals surface area contributed by atoms with Gasteiger partial charge in [-0.25, -0.2) is 4.98 Å². The van der Waals surface area contributed by atoms with Gasteiger partial charge in [-0.3, -0.25) is 10.1 Å². The molecule has 2 aromatic heterocycles. The topological polar surface area (TPSA) is 60.1 Å². The predicted molar refractivity (Wildman–Crippen MR) is 93.1 cm³/mol. The number of furan rings is 1. The Morgan fingerprint density at radius 2 is 2.04 bits per heavy atom. The lowest BCUT2D eigenvalue weighted by Gasteiger charge is -2.12. The summed E-state index contributed by atoms with van der Waals surface area (Å²) < 4.78 is 46.1. The molecule has 0 unspecified atom stereocenters. The van der Waals surface area contributed by atoms with Gasteiger partial charge in [0.15, 0.2) is 0 Å². The Kier molecular flexibility index (Phi) is 4.41. The third-order valence-electron chi connectivity index (χ3n) is 4.93. The lowest BCUT2D eigenvalue weighted by molar-refractivity contribution is -0.137. The van der Waals surface area contributed by atoms with Gasteiger partial charge in [0.05, 0.1) is 29.4 Å². The second-order valence-electron chi connectivity index (χ2n) is 6.77. The molecule has 1 saturated carbocycles. The molecule has 1 aromatic carbocycles.